The van der Waals surface area contributed by atoms with Gasteiger partial charge in [0.15, 0.2) is 0 Å². The molecule has 0 amide bonds. The van der Waals surface area contributed by atoms with Crippen molar-refractivity contribution in [1.82, 2.24) is 4.57 Å². The fourth-order valence-corrected chi connectivity index (χ4v) is 9.48. The lowest BCUT2D eigenvalue weighted by atomic mass is 9.87. The van der Waals surface area contributed by atoms with Crippen LogP contribution in [0.15, 0.2) is 212 Å². The van der Waals surface area contributed by atoms with E-state index in [1.165, 1.54) is 60.9 Å². The Hall–Kier alpha value is -7.20. The van der Waals surface area contributed by atoms with Crippen molar-refractivity contribution in [3.8, 4) is 27.9 Å². The van der Waals surface area contributed by atoms with Gasteiger partial charge in [-0.15, -0.1) is 0 Å². The first-order valence-corrected chi connectivity index (χ1v) is 20.6. The molecule has 0 radical (unpaired) electrons. The molecule has 0 spiro atoms. The smallest absolute Gasteiger partial charge is 0.0681 e. The van der Waals surface area contributed by atoms with Gasteiger partial charge in [0.2, 0.25) is 0 Å². The zero-order valence-electron chi connectivity index (χ0n) is 32.7. The van der Waals surface area contributed by atoms with Crippen LogP contribution in [0.2, 0.25) is 0 Å². The molecule has 282 valence electrons. The minimum Gasteiger partial charge on any atom is -0.392 e. The van der Waals surface area contributed by atoms with Crippen molar-refractivity contribution in [2.75, 3.05) is 4.90 Å². The normalized spacial score (nSPS) is 14.5. The van der Waals surface area contributed by atoms with Crippen molar-refractivity contribution < 1.29 is 5.11 Å². The van der Waals surface area contributed by atoms with Gasteiger partial charge in [-0.3, -0.25) is 0 Å². The van der Waals surface area contributed by atoms with E-state index in [1.54, 1.807) is 0 Å². The Morgan fingerprint density at radius 1 is 0.525 bits per heavy atom. The summed E-state index contributed by atoms with van der Waals surface area (Å²) in [6, 6.07) is 70.4. The van der Waals surface area contributed by atoms with Crippen LogP contribution in [0.25, 0.3) is 55.3 Å². The van der Waals surface area contributed by atoms with Crippen LogP contribution in [0.5, 0.6) is 0 Å². The number of anilines is 3. The first-order chi connectivity index (χ1) is 29.2. The van der Waals surface area contributed by atoms with Gasteiger partial charge in [0.1, 0.15) is 0 Å². The van der Waals surface area contributed by atoms with E-state index < -0.39 is 0 Å². The average molecular weight is 759 g/mol. The van der Waals surface area contributed by atoms with Gasteiger partial charge in [0.25, 0.3) is 0 Å². The summed E-state index contributed by atoms with van der Waals surface area (Å²) in [7, 11) is 0. The molecule has 0 saturated heterocycles. The number of rotatable bonds is 8. The topological polar surface area (TPSA) is 28.4 Å². The van der Waals surface area contributed by atoms with Crippen LogP contribution in [0.4, 0.5) is 17.1 Å². The predicted molar refractivity (Wildman–Crippen MR) is 246 cm³/mol. The molecule has 2 aliphatic rings. The van der Waals surface area contributed by atoms with Crippen molar-refractivity contribution in [3.05, 3.63) is 234 Å². The summed E-state index contributed by atoms with van der Waals surface area (Å²) in [6.45, 7) is 0.0346. The number of aromatic nitrogens is 1. The number of nitrogens with zero attached hydrogens (tertiary/aromatic N) is 2. The van der Waals surface area contributed by atoms with Gasteiger partial charge >= 0.3 is 0 Å². The Morgan fingerprint density at radius 3 is 1.86 bits per heavy atom. The number of hydrogen-bond donors (Lipinski definition) is 1. The van der Waals surface area contributed by atoms with Crippen LogP contribution >= 0.6 is 0 Å². The van der Waals surface area contributed by atoms with Gasteiger partial charge in [-0.1, -0.05) is 140 Å². The van der Waals surface area contributed by atoms with Crippen LogP contribution in [0.1, 0.15) is 41.0 Å². The van der Waals surface area contributed by atoms with E-state index >= 15 is 0 Å². The van der Waals surface area contributed by atoms with Crippen molar-refractivity contribution in [2.24, 2.45) is 0 Å². The number of hydrogen-bond acceptors (Lipinski definition) is 2. The number of fused-ring (bicyclic) bond motifs is 5. The summed E-state index contributed by atoms with van der Waals surface area (Å²) in [5.41, 5.74) is 19.5. The van der Waals surface area contributed by atoms with Crippen LogP contribution in [-0.2, 0) is 6.61 Å². The van der Waals surface area contributed by atoms with Crippen molar-refractivity contribution in [1.29, 1.82) is 0 Å². The van der Waals surface area contributed by atoms with E-state index in [4.69, 9.17) is 0 Å². The third kappa shape index (κ3) is 6.10. The van der Waals surface area contributed by atoms with E-state index in [-0.39, 0.29) is 12.5 Å². The Morgan fingerprint density at radius 2 is 1.14 bits per heavy atom. The minimum atomic E-state index is 0.0346. The summed E-state index contributed by atoms with van der Waals surface area (Å²) in [6.07, 6.45) is 6.88. The lowest BCUT2D eigenvalue weighted by Gasteiger charge is -2.27. The van der Waals surface area contributed by atoms with Crippen LogP contribution in [0.3, 0.4) is 0 Å². The highest BCUT2D eigenvalue weighted by Gasteiger charge is 2.32. The van der Waals surface area contributed by atoms with Gasteiger partial charge in [-0.25, -0.2) is 0 Å². The van der Waals surface area contributed by atoms with E-state index in [9.17, 15) is 5.11 Å². The lowest BCUT2D eigenvalue weighted by molar-refractivity contribution is 0.282. The molecule has 59 heavy (non-hydrogen) atoms. The first-order valence-electron chi connectivity index (χ1n) is 20.6. The SMILES string of the molecule is OCc1ccc(-n2c3ccccc3c3cc(-c4ccc(N(c5ccc(-c6ccccc6)cc5)c5ccc6c(c5)C(c5ccccc5)C5=C6CCC=C5)cc4)ccc32)cc1. The van der Waals surface area contributed by atoms with Gasteiger partial charge in [-0.2, -0.15) is 0 Å². The minimum absolute atomic E-state index is 0.0346. The number of aliphatic hydroxyl groups is 1. The second-order valence-electron chi connectivity index (χ2n) is 15.7. The highest BCUT2D eigenvalue weighted by Crippen LogP contribution is 2.51. The molecular weight excluding hydrogens is 717 g/mol. The summed E-state index contributed by atoms with van der Waals surface area (Å²) in [5.74, 6) is 0.211. The Bertz CT molecular complexity index is 3050. The van der Waals surface area contributed by atoms with Crippen molar-refractivity contribution in [3.63, 3.8) is 0 Å². The highest BCUT2D eigenvalue weighted by molar-refractivity contribution is 6.10. The predicted octanol–water partition coefficient (Wildman–Crippen LogP) is 14.3. The van der Waals surface area contributed by atoms with Gasteiger partial charge < -0.3 is 14.6 Å². The quantitative estimate of drug-likeness (QED) is 0.167. The molecular formula is C56H42N2O. The summed E-state index contributed by atoms with van der Waals surface area (Å²) in [5, 5.41) is 12.1. The number of allylic oxidation sites excluding steroid dienone is 4. The molecule has 1 N–H and O–H groups in total. The molecule has 0 saturated carbocycles. The molecule has 2 aliphatic carbocycles. The van der Waals surface area contributed by atoms with E-state index in [0.29, 0.717) is 0 Å². The standard InChI is InChI=1S/C56H42N2O/c59-37-38-19-26-46(27-20-38)58-54-18-10-9-16-50(54)52-35-43(25-34-55(52)58)41-23-30-45(31-24-41)57(44-28-21-40(22-29-44)39-11-3-1-4-12-39)47-32-33-49-48-15-7-8-17-51(48)56(53(49)36-47)42-13-5-2-6-14-42/h1-6,8-14,16-36,56,59H,7,15,37H2. The molecule has 8 aromatic carbocycles. The molecule has 0 fully saturated rings. The number of para-hydroxylation sites is 1. The molecule has 3 nitrogen and oxygen atoms in total. The second-order valence-corrected chi connectivity index (χ2v) is 15.7. The molecule has 1 unspecified atom stereocenters. The van der Waals surface area contributed by atoms with Crippen LogP contribution in [0, 0.1) is 0 Å². The fraction of sp³-hybridized carbons (Fsp3) is 0.0714. The molecule has 3 heteroatoms. The third-order valence-electron chi connectivity index (χ3n) is 12.3. The van der Waals surface area contributed by atoms with Crippen molar-refractivity contribution >= 4 is 44.4 Å². The molecule has 0 bridgehead atoms. The zero-order valence-corrected chi connectivity index (χ0v) is 32.7. The molecule has 9 aromatic rings. The molecule has 11 rings (SSSR count). The van der Waals surface area contributed by atoms with E-state index in [0.717, 1.165) is 52.2 Å². The monoisotopic (exact) mass is 758 g/mol. The maximum absolute atomic E-state index is 9.66. The molecule has 0 aliphatic heterocycles. The van der Waals surface area contributed by atoms with Gasteiger partial charge in [0, 0.05) is 39.4 Å². The Kier molecular flexibility index (Phi) is 8.68. The van der Waals surface area contributed by atoms with Crippen LogP contribution < -0.4 is 4.90 Å². The first kappa shape index (κ1) is 35.0. The number of benzene rings is 8. The Labute approximate surface area is 345 Å². The summed E-state index contributed by atoms with van der Waals surface area (Å²) < 4.78 is 2.32. The van der Waals surface area contributed by atoms with Crippen LogP contribution in [-0.4, -0.2) is 9.67 Å². The van der Waals surface area contributed by atoms with E-state index in [2.05, 4.69) is 204 Å². The van der Waals surface area contributed by atoms with E-state index in [1.807, 2.05) is 12.1 Å². The lowest BCUT2D eigenvalue weighted by Crippen LogP contribution is -2.11. The maximum Gasteiger partial charge on any atom is 0.0681 e. The zero-order chi connectivity index (χ0) is 39.3. The molecule has 1 atom stereocenters. The maximum atomic E-state index is 9.66. The number of aliphatic hydroxyl groups excluding tert-OH is 1. The molecule has 1 heterocycles. The van der Waals surface area contributed by atoms with Gasteiger partial charge in [-0.05, 0) is 135 Å². The second kappa shape index (κ2) is 14.6. The largest absolute Gasteiger partial charge is 0.392 e. The average Bonchev–Trinajstić information content (AvgIpc) is 3.82. The Balaban J connectivity index is 1.00. The summed E-state index contributed by atoms with van der Waals surface area (Å²) in [4.78, 5) is 2.41. The van der Waals surface area contributed by atoms with Crippen molar-refractivity contribution in [2.45, 2.75) is 25.4 Å². The fourth-order valence-electron chi connectivity index (χ4n) is 9.48. The highest BCUT2D eigenvalue weighted by atomic mass is 16.3. The third-order valence-corrected chi connectivity index (χ3v) is 12.3. The molecule has 1 aromatic heterocycles. The summed E-state index contributed by atoms with van der Waals surface area (Å²) >= 11 is 0. The van der Waals surface area contributed by atoms with Gasteiger partial charge in [0.05, 0.1) is 17.6 Å².